The van der Waals surface area contributed by atoms with E-state index in [9.17, 15) is 22.8 Å². The van der Waals surface area contributed by atoms with Gasteiger partial charge >= 0.3 is 0 Å². The first-order chi connectivity index (χ1) is 17.0. The van der Waals surface area contributed by atoms with Gasteiger partial charge in [0.1, 0.15) is 12.3 Å². The number of hydrogen-bond donors (Lipinski definition) is 3. The average Bonchev–Trinajstić information content (AvgIpc) is 2.83. The number of primary amides is 1. The third kappa shape index (κ3) is 7.86. The second-order valence-electron chi connectivity index (χ2n) is 7.57. The van der Waals surface area contributed by atoms with E-state index in [4.69, 9.17) is 27.3 Å². The van der Waals surface area contributed by atoms with Gasteiger partial charge in [0.05, 0.1) is 23.1 Å². The largest absolute Gasteiger partial charge is 0.483 e. The highest BCUT2D eigenvalue weighted by Gasteiger charge is 2.25. The number of likely N-dealkylation sites (N-methyl/N-ethyl adjacent to an activating group) is 1. The molecule has 192 valence electrons. The van der Waals surface area contributed by atoms with Crippen molar-refractivity contribution < 1.29 is 27.5 Å². The minimum Gasteiger partial charge on any atom is -0.483 e. The molecule has 0 spiro atoms. The number of rotatable bonds is 12. The molecule has 13 heteroatoms. The Morgan fingerprint density at radius 1 is 1.19 bits per heavy atom. The van der Waals surface area contributed by atoms with E-state index in [2.05, 4.69) is 10.6 Å². The fraction of sp³-hybridized carbons (Fsp3) is 0.304. The summed E-state index contributed by atoms with van der Waals surface area (Å²) in [5.41, 5.74) is 6.11. The number of halogens is 1. The van der Waals surface area contributed by atoms with Crippen LogP contribution >= 0.6 is 11.6 Å². The van der Waals surface area contributed by atoms with E-state index >= 15 is 0 Å². The molecule has 3 amide bonds. The summed E-state index contributed by atoms with van der Waals surface area (Å²) in [4.78, 5) is 36.0. The van der Waals surface area contributed by atoms with Gasteiger partial charge < -0.3 is 21.1 Å². The Hall–Kier alpha value is -3.82. The lowest BCUT2D eigenvalue weighted by Gasteiger charge is -2.23. The molecular weight excluding hydrogens is 510 g/mol. The number of nitrogens with zero attached hydrogens (tertiary/aromatic N) is 2. The van der Waals surface area contributed by atoms with E-state index in [0.29, 0.717) is 17.5 Å². The monoisotopic (exact) mass is 535 g/mol. The van der Waals surface area contributed by atoms with Gasteiger partial charge in [-0.05, 0) is 36.8 Å². The summed E-state index contributed by atoms with van der Waals surface area (Å²) in [6, 6.07) is 10.5. The van der Waals surface area contributed by atoms with Crippen molar-refractivity contribution in [3.8, 4) is 11.8 Å². The summed E-state index contributed by atoms with van der Waals surface area (Å²) in [6.07, 6.45) is 0.306. The van der Waals surface area contributed by atoms with E-state index in [1.54, 1.807) is 13.0 Å². The summed E-state index contributed by atoms with van der Waals surface area (Å²) in [7, 11) is -2.44. The second-order valence-corrected chi connectivity index (χ2v) is 10.0. The molecule has 2 aromatic carbocycles. The lowest BCUT2D eigenvalue weighted by Crippen LogP contribution is -2.40. The lowest BCUT2D eigenvalue weighted by molar-refractivity contribution is -0.122. The number of amides is 3. The topological polar surface area (TPSA) is 172 Å². The molecule has 0 aliphatic rings. The molecule has 0 aliphatic heterocycles. The third-order valence-corrected chi connectivity index (χ3v) is 6.96. The Labute approximate surface area is 214 Å². The molecule has 0 unspecified atom stereocenters. The van der Waals surface area contributed by atoms with Crippen molar-refractivity contribution in [2.45, 2.75) is 19.9 Å². The van der Waals surface area contributed by atoms with Crippen molar-refractivity contribution in [3.05, 3.63) is 58.1 Å². The Kier molecular flexibility index (Phi) is 10.1. The molecule has 0 saturated carbocycles. The molecule has 0 aromatic heterocycles. The van der Waals surface area contributed by atoms with Gasteiger partial charge in [-0.3, -0.25) is 18.7 Å². The Morgan fingerprint density at radius 3 is 2.53 bits per heavy atom. The van der Waals surface area contributed by atoms with Gasteiger partial charge in [0, 0.05) is 29.7 Å². The van der Waals surface area contributed by atoms with E-state index < -0.39 is 28.4 Å². The molecule has 0 radical (unpaired) electrons. The van der Waals surface area contributed by atoms with Gasteiger partial charge in [-0.2, -0.15) is 5.26 Å². The van der Waals surface area contributed by atoms with Crippen LogP contribution in [0, 0.1) is 11.3 Å². The Balaban J connectivity index is 2.31. The molecule has 4 N–H and O–H groups in total. The third-order valence-electron chi connectivity index (χ3n) is 4.80. The number of nitrogens with one attached hydrogen (secondary N) is 2. The standard InChI is InChI=1S/C23H26ClN5O6S/c1-3-6-36(33,34)29(13-21(26)30)19-9-17(8-18(24)10-19)23(32)28-12-16-5-4-15(11-25)7-20(16)35-14-22(31)27-2/h4-5,7-10H,3,6,12-14H2,1-2H3,(H2,26,30)(H,27,31)(H,28,32). The summed E-state index contributed by atoms with van der Waals surface area (Å²) in [6.45, 7) is 0.744. The zero-order valence-corrected chi connectivity index (χ0v) is 21.3. The lowest BCUT2D eigenvalue weighted by atomic mass is 10.1. The van der Waals surface area contributed by atoms with Crippen LogP contribution in [0.15, 0.2) is 36.4 Å². The first kappa shape index (κ1) is 28.4. The predicted octanol–water partition coefficient (Wildman–Crippen LogP) is 1.30. The van der Waals surface area contributed by atoms with Gasteiger partial charge in [-0.1, -0.05) is 24.6 Å². The highest BCUT2D eigenvalue weighted by Crippen LogP contribution is 2.26. The number of carbonyl (C=O) groups is 3. The van der Waals surface area contributed by atoms with Crippen molar-refractivity contribution in [3.63, 3.8) is 0 Å². The normalized spacial score (nSPS) is 10.7. The zero-order chi connectivity index (χ0) is 26.9. The number of nitriles is 1. The SMILES string of the molecule is CCCS(=O)(=O)N(CC(N)=O)c1cc(Cl)cc(C(=O)NCc2ccc(C#N)cc2OCC(=O)NC)c1. The van der Waals surface area contributed by atoms with Crippen LogP contribution in [0.25, 0.3) is 0 Å². The minimum atomic E-state index is -3.90. The van der Waals surface area contributed by atoms with Gasteiger partial charge in [0.2, 0.25) is 15.9 Å². The number of benzene rings is 2. The van der Waals surface area contributed by atoms with Crippen LogP contribution in [0.1, 0.15) is 34.8 Å². The van der Waals surface area contributed by atoms with Crippen LogP contribution in [0.5, 0.6) is 5.75 Å². The fourth-order valence-electron chi connectivity index (χ4n) is 3.11. The maximum absolute atomic E-state index is 12.9. The van der Waals surface area contributed by atoms with Gasteiger partial charge in [0.25, 0.3) is 11.8 Å². The molecule has 36 heavy (non-hydrogen) atoms. The average molecular weight is 536 g/mol. The molecule has 0 fully saturated rings. The van der Waals surface area contributed by atoms with E-state index in [-0.39, 0.29) is 46.8 Å². The van der Waals surface area contributed by atoms with Crippen LogP contribution in [-0.4, -0.2) is 52.1 Å². The maximum atomic E-state index is 12.9. The maximum Gasteiger partial charge on any atom is 0.257 e. The van der Waals surface area contributed by atoms with Gasteiger partial charge in [-0.15, -0.1) is 0 Å². The molecule has 0 saturated heterocycles. The van der Waals surface area contributed by atoms with Crippen LogP contribution in [-0.2, 0) is 26.2 Å². The molecule has 0 atom stereocenters. The molecule has 2 rings (SSSR count). The minimum absolute atomic E-state index is 0.0212. The van der Waals surface area contributed by atoms with Crippen LogP contribution < -0.4 is 25.4 Å². The highest BCUT2D eigenvalue weighted by atomic mass is 35.5. The number of sulfonamides is 1. The summed E-state index contributed by atoms with van der Waals surface area (Å²) in [5, 5.41) is 14.3. The summed E-state index contributed by atoms with van der Waals surface area (Å²) in [5.74, 6) is -1.83. The number of hydrogen-bond acceptors (Lipinski definition) is 7. The first-order valence-corrected chi connectivity index (χ1v) is 12.7. The molecule has 0 aliphatic carbocycles. The quantitative estimate of drug-likeness (QED) is 0.367. The number of ether oxygens (including phenoxy) is 1. The van der Waals surface area contributed by atoms with Crippen molar-refractivity contribution in [2.24, 2.45) is 5.73 Å². The molecule has 0 bridgehead atoms. The van der Waals surface area contributed by atoms with E-state index in [1.807, 2.05) is 6.07 Å². The fourth-order valence-corrected chi connectivity index (χ4v) is 4.82. The Bertz CT molecular complexity index is 1290. The van der Waals surface area contributed by atoms with Crippen molar-refractivity contribution in [2.75, 3.05) is 30.3 Å². The predicted molar refractivity (Wildman–Crippen MR) is 134 cm³/mol. The van der Waals surface area contributed by atoms with E-state index in [1.165, 1.54) is 37.4 Å². The first-order valence-electron chi connectivity index (χ1n) is 10.7. The number of nitrogens with two attached hydrogens (primary N) is 1. The molecular formula is C23H26ClN5O6S. The van der Waals surface area contributed by atoms with Crippen molar-refractivity contribution in [1.29, 1.82) is 5.26 Å². The van der Waals surface area contributed by atoms with Crippen LogP contribution in [0.3, 0.4) is 0 Å². The van der Waals surface area contributed by atoms with Gasteiger partial charge in [-0.25, -0.2) is 8.42 Å². The number of anilines is 1. The zero-order valence-electron chi connectivity index (χ0n) is 19.7. The summed E-state index contributed by atoms with van der Waals surface area (Å²) < 4.78 is 31.7. The molecule has 2 aromatic rings. The molecule has 11 nitrogen and oxygen atoms in total. The second kappa shape index (κ2) is 12.8. The molecule has 0 heterocycles. The van der Waals surface area contributed by atoms with Crippen molar-refractivity contribution in [1.82, 2.24) is 10.6 Å². The van der Waals surface area contributed by atoms with Crippen molar-refractivity contribution >= 4 is 45.0 Å². The number of carbonyl (C=O) groups excluding carboxylic acids is 3. The van der Waals surface area contributed by atoms with Crippen LogP contribution in [0.4, 0.5) is 5.69 Å². The Morgan fingerprint density at radius 2 is 1.92 bits per heavy atom. The van der Waals surface area contributed by atoms with Gasteiger partial charge in [0.15, 0.2) is 6.61 Å². The van der Waals surface area contributed by atoms with E-state index in [0.717, 1.165) is 4.31 Å². The highest BCUT2D eigenvalue weighted by molar-refractivity contribution is 7.92. The summed E-state index contributed by atoms with van der Waals surface area (Å²) >= 11 is 6.16. The smallest absolute Gasteiger partial charge is 0.257 e. The van der Waals surface area contributed by atoms with Crippen LogP contribution in [0.2, 0.25) is 5.02 Å².